The van der Waals surface area contributed by atoms with Crippen LogP contribution in [0, 0.1) is 0 Å². The minimum Gasteiger partial charge on any atom is -0.481 e. The Morgan fingerprint density at radius 2 is 1.33 bits per heavy atom. The molecule has 0 aromatic heterocycles. The number of hydrogen-bond acceptors (Lipinski definition) is 5. The molecular weight excluding hydrogens is 296 g/mol. The van der Waals surface area contributed by atoms with E-state index >= 15 is 0 Å². The second-order valence-electron chi connectivity index (χ2n) is 3.22. The van der Waals surface area contributed by atoms with Crippen molar-refractivity contribution >= 4 is 27.1 Å². The van der Waals surface area contributed by atoms with Crippen molar-refractivity contribution in [2.45, 2.75) is 11.4 Å². The van der Waals surface area contributed by atoms with Crippen molar-refractivity contribution in [3.05, 3.63) is 0 Å². The Bertz CT molecular complexity index is 412. The van der Waals surface area contributed by atoms with Crippen molar-refractivity contribution < 1.29 is 48.5 Å². The van der Waals surface area contributed by atoms with Gasteiger partial charge in [-0.25, -0.2) is 0 Å². The van der Waals surface area contributed by atoms with Gasteiger partial charge in [-0.1, -0.05) is 0 Å². The third kappa shape index (κ3) is 3.85. The normalized spacial score (nSPS) is 13.3. The first-order chi connectivity index (χ1) is 7.83. The second-order valence-corrected chi connectivity index (χ2v) is 7.28. The summed E-state index contributed by atoms with van der Waals surface area (Å²) in [6, 6.07) is 0. The molecule has 0 heterocycles. The fourth-order valence-electron chi connectivity index (χ4n) is 1.07. The Balaban J connectivity index is 5.72. The summed E-state index contributed by atoms with van der Waals surface area (Å²) < 4.78 is 22.3. The monoisotopic (exact) mass is 307 g/mol. The smallest absolute Gasteiger partial charge is 0.358 e. The zero-order valence-corrected chi connectivity index (χ0v) is 10.4. The Labute approximate surface area is 99.8 Å². The molecule has 0 bridgehead atoms. The Morgan fingerprint density at radius 1 is 0.944 bits per heavy atom. The lowest BCUT2D eigenvalue weighted by atomic mass is 10.4. The number of nitrogens with one attached hydrogen (secondary N) is 1. The summed E-state index contributed by atoms with van der Waals surface area (Å²) in [5, 5.41) is 14.8. The summed E-state index contributed by atoms with van der Waals surface area (Å²) in [5.74, 6) is -3.59. The molecule has 0 unspecified atom stereocenters. The van der Waals surface area contributed by atoms with Gasteiger partial charge in [-0.15, -0.1) is 0 Å². The van der Waals surface area contributed by atoms with Crippen LogP contribution in [-0.2, 0) is 18.7 Å². The highest BCUT2D eigenvalue weighted by atomic mass is 31.2. The average molecular weight is 307 g/mol. The van der Waals surface area contributed by atoms with Crippen molar-refractivity contribution in [2.24, 2.45) is 0 Å². The first-order valence-corrected chi connectivity index (χ1v) is 7.36. The predicted octanol–water partition coefficient (Wildman–Crippen LogP) is -1.86. The number of aliphatic carboxylic acids is 2. The second kappa shape index (κ2) is 5.45. The van der Waals surface area contributed by atoms with Crippen LogP contribution in [0.1, 0.15) is 6.42 Å². The van der Waals surface area contributed by atoms with Crippen LogP contribution in [0.2, 0.25) is 0 Å². The topological polar surface area (TPSA) is 202 Å². The molecule has 0 spiro atoms. The van der Waals surface area contributed by atoms with Gasteiger partial charge >= 0.3 is 27.1 Å². The first-order valence-electron chi connectivity index (χ1n) is 4.13. The van der Waals surface area contributed by atoms with Crippen LogP contribution in [0.4, 0.5) is 0 Å². The lowest BCUT2D eigenvalue weighted by Crippen LogP contribution is -2.48. The van der Waals surface area contributed by atoms with Gasteiger partial charge in [-0.3, -0.25) is 24.0 Å². The summed E-state index contributed by atoms with van der Waals surface area (Å²) in [5.41, 5.74) is 0. The molecule has 0 aliphatic carbocycles. The summed E-state index contributed by atoms with van der Waals surface area (Å²) in [6.07, 6.45) is -1.64. The van der Waals surface area contributed by atoms with Gasteiger partial charge in [0, 0.05) is 0 Å². The maximum atomic E-state index is 11.1. The quantitative estimate of drug-likeness (QED) is 0.260. The maximum absolute atomic E-state index is 11.1. The third-order valence-corrected chi connectivity index (χ3v) is 6.01. The lowest BCUT2D eigenvalue weighted by Gasteiger charge is -2.33. The summed E-state index contributed by atoms with van der Waals surface area (Å²) in [7, 11) is -11.3. The van der Waals surface area contributed by atoms with E-state index in [9.17, 15) is 18.7 Å². The zero-order valence-electron chi connectivity index (χ0n) is 8.62. The molecule has 0 radical (unpaired) electrons. The fraction of sp³-hybridized carbons (Fsp3) is 0.600. The number of rotatable bonds is 7. The van der Waals surface area contributed by atoms with Gasteiger partial charge in [-0.05, 0) is 0 Å². The fourth-order valence-corrected chi connectivity index (χ4v) is 3.68. The van der Waals surface area contributed by atoms with E-state index in [2.05, 4.69) is 0 Å². The van der Waals surface area contributed by atoms with E-state index in [-0.39, 0.29) is 0 Å². The predicted molar refractivity (Wildman–Crippen MR) is 54.7 cm³/mol. The van der Waals surface area contributed by atoms with Crippen LogP contribution in [0.5, 0.6) is 0 Å². The van der Waals surface area contributed by atoms with E-state index < -0.39 is 45.1 Å². The number of carboxylic acids is 2. The van der Waals surface area contributed by atoms with E-state index in [0.717, 1.165) is 0 Å². The minimum absolute atomic E-state index is 1.23. The molecule has 0 aromatic rings. The summed E-state index contributed by atoms with van der Waals surface area (Å²) >= 11 is 0. The van der Waals surface area contributed by atoms with Gasteiger partial charge in [0.2, 0.25) is 5.02 Å². The molecule has 0 atom stereocenters. The van der Waals surface area contributed by atoms with Crippen LogP contribution < -0.4 is 5.32 Å². The molecule has 18 heavy (non-hydrogen) atoms. The highest BCUT2D eigenvalue weighted by Crippen LogP contribution is 2.68. The van der Waals surface area contributed by atoms with E-state index in [4.69, 9.17) is 29.8 Å². The standard InChI is InChI=1S/C5H11NO10P2/c7-3(8)1-5(17(11,12)13,18(14,15)16)6-2-4(9)10/h6H,1-2H2,(H,7,8)(H,9,10)(H2,11,12,13)(H2,14,15,16). The highest BCUT2D eigenvalue weighted by molar-refractivity contribution is 7.72. The van der Waals surface area contributed by atoms with Gasteiger partial charge in [-0.2, -0.15) is 0 Å². The van der Waals surface area contributed by atoms with Crippen molar-refractivity contribution in [1.82, 2.24) is 5.32 Å². The van der Waals surface area contributed by atoms with Crippen LogP contribution in [0.25, 0.3) is 0 Å². The van der Waals surface area contributed by atoms with E-state index in [1.165, 1.54) is 5.32 Å². The van der Waals surface area contributed by atoms with Crippen molar-refractivity contribution in [2.75, 3.05) is 6.54 Å². The van der Waals surface area contributed by atoms with Gasteiger partial charge in [0.15, 0.2) is 0 Å². The lowest BCUT2D eigenvalue weighted by molar-refractivity contribution is -0.139. The molecule has 0 saturated carbocycles. The largest absolute Gasteiger partial charge is 0.481 e. The molecule has 0 fully saturated rings. The van der Waals surface area contributed by atoms with Crippen LogP contribution in [0.3, 0.4) is 0 Å². The molecule has 0 aliphatic heterocycles. The van der Waals surface area contributed by atoms with Gasteiger partial charge in [0.1, 0.15) is 0 Å². The van der Waals surface area contributed by atoms with Crippen LogP contribution in [-0.4, -0.2) is 53.3 Å². The van der Waals surface area contributed by atoms with Crippen molar-refractivity contribution in [3.8, 4) is 0 Å². The molecule has 0 aliphatic rings. The van der Waals surface area contributed by atoms with Gasteiger partial charge in [0.25, 0.3) is 0 Å². The molecule has 106 valence electrons. The van der Waals surface area contributed by atoms with E-state index in [1.807, 2.05) is 0 Å². The molecule has 11 nitrogen and oxygen atoms in total. The average Bonchev–Trinajstić information content (AvgIpc) is 2.06. The Kier molecular flexibility index (Phi) is 5.21. The molecule has 13 heteroatoms. The Morgan fingerprint density at radius 3 is 1.56 bits per heavy atom. The first kappa shape index (κ1) is 17.2. The van der Waals surface area contributed by atoms with E-state index in [0.29, 0.717) is 0 Å². The van der Waals surface area contributed by atoms with Crippen LogP contribution in [0.15, 0.2) is 0 Å². The van der Waals surface area contributed by atoms with Crippen LogP contribution >= 0.6 is 15.2 Å². The minimum atomic E-state index is -5.66. The molecule has 0 rings (SSSR count). The summed E-state index contributed by atoms with van der Waals surface area (Å²) in [4.78, 5) is 56.5. The number of carboxylic acid groups (broad SMARTS) is 2. The van der Waals surface area contributed by atoms with Gasteiger partial charge < -0.3 is 29.8 Å². The molecule has 0 saturated heterocycles. The maximum Gasteiger partial charge on any atom is 0.358 e. The van der Waals surface area contributed by atoms with Gasteiger partial charge in [0.05, 0.1) is 13.0 Å². The van der Waals surface area contributed by atoms with Crippen molar-refractivity contribution in [1.29, 1.82) is 0 Å². The molecular formula is C5H11NO10P2. The molecule has 0 aromatic carbocycles. The SMILES string of the molecule is O=C(O)CNC(CC(=O)O)(P(=O)(O)O)P(=O)(O)O. The third-order valence-electron chi connectivity index (χ3n) is 1.88. The highest BCUT2D eigenvalue weighted by Gasteiger charge is 2.61. The van der Waals surface area contributed by atoms with E-state index in [1.54, 1.807) is 0 Å². The Hall–Kier alpha value is -0.800. The van der Waals surface area contributed by atoms with Crippen molar-refractivity contribution in [3.63, 3.8) is 0 Å². The number of carbonyl (C=O) groups is 2. The zero-order chi connectivity index (χ0) is 14.8. The molecule has 0 amide bonds. The summed E-state index contributed by atoms with van der Waals surface area (Å²) in [6.45, 7) is -1.23. The molecule has 7 N–H and O–H groups in total. The number of hydrogen-bond donors (Lipinski definition) is 7.